The second-order valence-electron chi connectivity index (χ2n) is 6.00. The maximum absolute atomic E-state index is 12.5. The molecule has 0 radical (unpaired) electrons. The number of carbonyl (C=O) groups is 2. The summed E-state index contributed by atoms with van der Waals surface area (Å²) in [6.45, 7) is 5.97. The van der Waals surface area contributed by atoms with Crippen LogP contribution in [0.4, 0.5) is 0 Å². The van der Waals surface area contributed by atoms with E-state index >= 15 is 0 Å². The highest BCUT2D eigenvalue weighted by Gasteiger charge is 2.50. The molecule has 1 heterocycles. The van der Waals surface area contributed by atoms with Crippen LogP contribution in [0.3, 0.4) is 0 Å². The van der Waals surface area contributed by atoms with E-state index in [1.54, 1.807) is 0 Å². The van der Waals surface area contributed by atoms with Crippen molar-refractivity contribution in [1.82, 2.24) is 0 Å². The number of aldehydes is 1. The summed E-state index contributed by atoms with van der Waals surface area (Å²) in [5.74, 6) is 0.125. The third-order valence-corrected chi connectivity index (χ3v) is 3.85. The zero-order valence-electron chi connectivity index (χ0n) is 12.7. The van der Waals surface area contributed by atoms with Gasteiger partial charge in [-0.25, -0.2) is 9.79 Å². The number of rotatable bonds is 6. The Labute approximate surface area is 125 Å². The number of ether oxygens (including phenoxy) is 1. The Morgan fingerprint density at radius 1 is 1.24 bits per heavy atom. The topological polar surface area (TPSA) is 55.7 Å². The third-order valence-electron chi connectivity index (χ3n) is 3.85. The van der Waals surface area contributed by atoms with Crippen molar-refractivity contribution in [1.29, 1.82) is 0 Å². The normalized spacial score (nSPS) is 22.9. The van der Waals surface area contributed by atoms with Crippen molar-refractivity contribution >= 4 is 18.2 Å². The lowest BCUT2D eigenvalue weighted by atomic mass is 9.78. The van der Waals surface area contributed by atoms with Crippen molar-refractivity contribution in [2.75, 3.05) is 0 Å². The lowest BCUT2D eigenvalue weighted by Gasteiger charge is -2.29. The van der Waals surface area contributed by atoms with Gasteiger partial charge in [0.1, 0.15) is 6.29 Å². The first-order chi connectivity index (χ1) is 9.99. The molecule has 0 spiro atoms. The molecule has 0 amide bonds. The van der Waals surface area contributed by atoms with E-state index < -0.39 is 5.54 Å². The van der Waals surface area contributed by atoms with Crippen LogP contribution >= 0.6 is 0 Å². The Hall–Kier alpha value is -1.97. The van der Waals surface area contributed by atoms with Crippen LogP contribution in [0.5, 0.6) is 0 Å². The Bertz CT molecular complexity index is 550. The van der Waals surface area contributed by atoms with Gasteiger partial charge in [-0.05, 0) is 30.4 Å². The summed E-state index contributed by atoms with van der Waals surface area (Å²) in [5.41, 5.74) is -0.157. The Balaban J connectivity index is 2.41. The summed E-state index contributed by atoms with van der Waals surface area (Å²) in [4.78, 5) is 28.0. The van der Waals surface area contributed by atoms with Crippen LogP contribution in [0.25, 0.3) is 0 Å². The molecule has 2 rings (SSSR count). The highest BCUT2D eigenvalue weighted by atomic mass is 16.6. The minimum absolute atomic E-state index is 0.175. The Kier molecular flexibility index (Phi) is 4.56. The van der Waals surface area contributed by atoms with Crippen LogP contribution in [-0.2, 0) is 14.3 Å². The van der Waals surface area contributed by atoms with Gasteiger partial charge in [-0.3, -0.25) is 0 Å². The molecule has 0 aliphatic carbocycles. The molecule has 0 saturated heterocycles. The molecule has 1 aliphatic heterocycles. The molecule has 0 saturated carbocycles. The van der Waals surface area contributed by atoms with E-state index in [-0.39, 0.29) is 17.8 Å². The predicted molar refractivity (Wildman–Crippen MR) is 81.1 cm³/mol. The molecule has 1 aromatic rings. The van der Waals surface area contributed by atoms with Crippen molar-refractivity contribution < 1.29 is 14.3 Å². The quantitative estimate of drug-likeness (QED) is 0.597. The minimum Gasteiger partial charge on any atom is -0.405 e. The zero-order chi connectivity index (χ0) is 15.5. The van der Waals surface area contributed by atoms with Crippen molar-refractivity contribution in [2.45, 2.75) is 39.2 Å². The summed E-state index contributed by atoms with van der Waals surface area (Å²) < 4.78 is 5.43. The molecule has 0 bridgehead atoms. The first-order valence-corrected chi connectivity index (χ1v) is 7.30. The standard InChI is InChI=1S/C17H21NO3/c1-12(2)11-17(13(3)9-10-19)16(20)21-15(18-17)14-7-5-4-6-8-14/h4-8,10,12-13H,9,11H2,1-3H3/t13-,17+/m1/s1. The molecular weight excluding hydrogens is 266 g/mol. The molecule has 1 aliphatic rings. The predicted octanol–water partition coefficient (Wildman–Crippen LogP) is 3.00. The molecule has 112 valence electrons. The fourth-order valence-corrected chi connectivity index (χ4v) is 2.73. The first-order valence-electron chi connectivity index (χ1n) is 7.30. The van der Waals surface area contributed by atoms with Gasteiger partial charge in [0.05, 0.1) is 0 Å². The number of cyclic esters (lactones) is 1. The van der Waals surface area contributed by atoms with Gasteiger partial charge < -0.3 is 9.53 Å². The minimum atomic E-state index is -0.944. The molecule has 0 unspecified atom stereocenters. The molecule has 0 aromatic heterocycles. The largest absolute Gasteiger partial charge is 0.405 e. The molecule has 21 heavy (non-hydrogen) atoms. The van der Waals surface area contributed by atoms with Gasteiger partial charge in [0.15, 0.2) is 5.54 Å². The maximum Gasteiger partial charge on any atom is 0.341 e. The molecule has 1 aromatic carbocycles. The average molecular weight is 287 g/mol. The second-order valence-corrected chi connectivity index (χ2v) is 6.00. The van der Waals surface area contributed by atoms with Gasteiger partial charge in [0.25, 0.3) is 0 Å². The molecule has 2 atom stereocenters. The van der Waals surface area contributed by atoms with Gasteiger partial charge in [0, 0.05) is 12.0 Å². The fraction of sp³-hybridized carbons (Fsp3) is 0.471. The van der Waals surface area contributed by atoms with Gasteiger partial charge in [-0.15, -0.1) is 0 Å². The Morgan fingerprint density at radius 3 is 2.48 bits per heavy atom. The van der Waals surface area contributed by atoms with Crippen LogP contribution in [0.15, 0.2) is 35.3 Å². The van der Waals surface area contributed by atoms with Crippen molar-refractivity contribution in [3.8, 4) is 0 Å². The van der Waals surface area contributed by atoms with E-state index in [1.165, 1.54) is 0 Å². The molecule has 0 fully saturated rings. The zero-order valence-corrected chi connectivity index (χ0v) is 12.7. The van der Waals surface area contributed by atoms with E-state index in [1.807, 2.05) is 51.1 Å². The van der Waals surface area contributed by atoms with Gasteiger partial charge in [0.2, 0.25) is 5.90 Å². The third kappa shape index (κ3) is 3.04. The molecular formula is C17H21NO3. The van der Waals surface area contributed by atoms with Crippen molar-refractivity contribution in [3.05, 3.63) is 35.9 Å². The summed E-state index contributed by atoms with van der Waals surface area (Å²) in [6, 6.07) is 9.38. The summed E-state index contributed by atoms with van der Waals surface area (Å²) in [5, 5.41) is 0. The smallest absolute Gasteiger partial charge is 0.341 e. The lowest BCUT2D eigenvalue weighted by Crippen LogP contribution is -2.42. The number of hydrogen-bond donors (Lipinski definition) is 0. The summed E-state index contributed by atoms with van der Waals surface area (Å²) in [6.07, 6.45) is 1.72. The number of nitrogens with zero attached hydrogens (tertiary/aromatic N) is 1. The van der Waals surface area contributed by atoms with E-state index in [0.717, 1.165) is 11.8 Å². The average Bonchev–Trinajstić information content (AvgIpc) is 2.78. The van der Waals surface area contributed by atoms with Crippen LogP contribution < -0.4 is 0 Å². The van der Waals surface area contributed by atoms with E-state index in [0.29, 0.717) is 18.7 Å². The number of benzene rings is 1. The monoisotopic (exact) mass is 287 g/mol. The summed E-state index contributed by atoms with van der Waals surface area (Å²) >= 11 is 0. The first kappa shape index (κ1) is 15.4. The highest BCUT2D eigenvalue weighted by Crippen LogP contribution is 2.37. The van der Waals surface area contributed by atoms with Gasteiger partial charge in [-0.2, -0.15) is 0 Å². The molecule has 0 N–H and O–H groups in total. The van der Waals surface area contributed by atoms with Gasteiger partial charge >= 0.3 is 5.97 Å². The fourth-order valence-electron chi connectivity index (χ4n) is 2.73. The maximum atomic E-state index is 12.5. The van der Waals surface area contributed by atoms with Crippen LogP contribution in [-0.4, -0.2) is 23.7 Å². The highest BCUT2D eigenvalue weighted by molar-refractivity contribution is 6.08. The van der Waals surface area contributed by atoms with Crippen molar-refractivity contribution in [2.24, 2.45) is 16.8 Å². The van der Waals surface area contributed by atoms with Crippen LogP contribution in [0, 0.1) is 11.8 Å². The second kappa shape index (κ2) is 6.20. The molecule has 4 heteroatoms. The van der Waals surface area contributed by atoms with Gasteiger partial charge in [-0.1, -0.05) is 39.0 Å². The summed E-state index contributed by atoms with van der Waals surface area (Å²) in [7, 11) is 0. The Morgan fingerprint density at radius 2 is 1.90 bits per heavy atom. The number of aliphatic imine (C=N–C) groups is 1. The SMILES string of the molecule is CC(C)C[C@@]1([C@H](C)CC=O)N=C(c2ccccc2)OC1=O. The van der Waals surface area contributed by atoms with Crippen LogP contribution in [0.2, 0.25) is 0 Å². The number of carbonyl (C=O) groups excluding carboxylic acids is 2. The number of hydrogen-bond acceptors (Lipinski definition) is 4. The van der Waals surface area contributed by atoms with Crippen LogP contribution in [0.1, 0.15) is 39.2 Å². The molecule has 4 nitrogen and oxygen atoms in total. The van der Waals surface area contributed by atoms with E-state index in [9.17, 15) is 9.59 Å². The number of esters is 1. The van der Waals surface area contributed by atoms with E-state index in [4.69, 9.17) is 4.74 Å². The van der Waals surface area contributed by atoms with Crippen molar-refractivity contribution in [3.63, 3.8) is 0 Å². The van der Waals surface area contributed by atoms with E-state index in [2.05, 4.69) is 4.99 Å². The lowest BCUT2D eigenvalue weighted by molar-refractivity contribution is -0.141.